The van der Waals surface area contributed by atoms with Gasteiger partial charge in [-0.25, -0.2) is 5.10 Å². The van der Waals surface area contributed by atoms with E-state index in [1.165, 1.54) is 0 Å². The third-order valence-corrected chi connectivity index (χ3v) is 4.24. The van der Waals surface area contributed by atoms with Crippen molar-refractivity contribution < 1.29 is 14.3 Å². The molecule has 1 amide bonds. The van der Waals surface area contributed by atoms with Gasteiger partial charge >= 0.3 is 5.97 Å². The average Bonchev–Trinajstić information content (AvgIpc) is 2.62. The Morgan fingerprint density at radius 3 is 2.62 bits per heavy atom. The minimum absolute atomic E-state index is 0.108. The Morgan fingerprint density at radius 2 is 2.00 bits per heavy atom. The van der Waals surface area contributed by atoms with Crippen molar-refractivity contribution in [2.75, 3.05) is 6.61 Å². The number of benzene rings is 1. The van der Waals surface area contributed by atoms with E-state index in [2.05, 4.69) is 15.5 Å². The molecule has 26 heavy (non-hydrogen) atoms. The summed E-state index contributed by atoms with van der Waals surface area (Å²) in [5.74, 6) is -1.33. The average molecular weight is 356 g/mol. The van der Waals surface area contributed by atoms with E-state index in [0.29, 0.717) is 16.5 Å². The number of hydrogen-bond acceptors (Lipinski definition) is 6. The van der Waals surface area contributed by atoms with Crippen LogP contribution >= 0.6 is 0 Å². The van der Waals surface area contributed by atoms with E-state index >= 15 is 0 Å². The summed E-state index contributed by atoms with van der Waals surface area (Å²) in [5, 5.41) is 18.9. The Bertz CT molecular complexity index is 929. The first-order chi connectivity index (χ1) is 12.3. The standard InChI is InChI=1S/C18H20N4O4/c1-11(2)18(3,10-19)20-15(23)9-26-16(24)8-14-12-6-4-5-7-13(12)17(25)22-21-14/h4-7,11H,8-9H2,1-3H3,(H,20,23)(H,22,25)/t18-/m1/s1. The van der Waals surface area contributed by atoms with Crippen molar-refractivity contribution in [2.24, 2.45) is 5.92 Å². The first kappa shape index (κ1) is 19.1. The number of ether oxygens (including phenoxy) is 1. The predicted molar refractivity (Wildman–Crippen MR) is 94.0 cm³/mol. The number of rotatable bonds is 6. The molecular weight excluding hydrogens is 336 g/mol. The fourth-order valence-corrected chi connectivity index (χ4v) is 2.27. The van der Waals surface area contributed by atoms with Crippen LogP contribution < -0.4 is 10.9 Å². The Kier molecular flexibility index (Phi) is 5.72. The summed E-state index contributed by atoms with van der Waals surface area (Å²) in [4.78, 5) is 35.7. The van der Waals surface area contributed by atoms with E-state index in [0.717, 1.165) is 0 Å². The molecule has 0 fully saturated rings. The molecule has 1 atom stereocenters. The van der Waals surface area contributed by atoms with E-state index in [1.54, 1.807) is 31.2 Å². The van der Waals surface area contributed by atoms with Gasteiger partial charge in [0, 0.05) is 5.39 Å². The van der Waals surface area contributed by atoms with Crippen LogP contribution in [0.25, 0.3) is 10.8 Å². The fraction of sp³-hybridized carbons (Fsp3) is 0.389. The summed E-state index contributed by atoms with van der Waals surface area (Å²) >= 11 is 0. The van der Waals surface area contributed by atoms with E-state index in [4.69, 9.17) is 4.74 Å². The highest BCUT2D eigenvalue weighted by Gasteiger charge is 2.30. The molecule has 0 saturated carbocycles. The minimum Gasteiger partial charge on any atom is -0.455 e. The Balaban J connectivity index is 2.00. The molecule has 2 aromatic rings. The lowest BCUT2D eigenvalue weighted by Crippen LogP contribution is -2.50. The number of esters is 1. The first-order valence-electron chi connectivity index (χ1n) is 8.11. The smallest absolute Gasteiger partial charge is 0.312 e. The molecule has 1 aromatic heterocycles. The number of carbonyl (C=O) groups excluding carboxylic acids is 2. The largest absolute Gasteiger partial charge is 0.455 e. The molecular formula is C18H20N4O4. The van der Waals surface area contributed by atoms with Gasteiger partial charge in [0.25, 0.3) is 11.5 Å². The molecule has 1 heterocycles. The second-order valence-electron chi connectivity index (χ2n) is 6.40. The van der Waals surface area contributed by atoms with Gasteiger partial charge in [-0.2, -0.15) is 10.4 Å². The number of H-pyrrole nitrogens is 1. The van der Waals surface area contributed by atoms with E-state index in [1.807, 2.05) is 19.9 Å². The molecule has 136 valence electrons. The van der Waals surface area contributed by atoms with Gasteiger partial charge in [0.2, 0.25) is 0 Å². The van der Waals surface area contributed by atoms with Crippen LogP contribution in [0.15, 0.2) is 29.1 Å². The second-order valence-corrected chi connectivity index (χ2v) is 6.40. The van der Waals surface area contributed by atoms with Crippen LogP contribution in [0.2, 0.25) is 0 Å². The molecule has 1 aromatic carbocycles. The van der Waals surface area contributed by atoms with Gasteiger partial charge in [0.05, 0.1) is 23.6 Å². The number of carbonyl (C=O) groups is 2. The second kappa shape index (κ2) is 7.78. The van der Waals surface area contributed by atoms with Crippen molar-refractivity contribution in [3.05, 3.63) is 40.3 Å². The summed E-state index contributed by atoms with van der Waals surface area (Å²) in [5.41, 5.74) is -1.03. The monoisotopic (exact) mass is 356 g/mol. The molecule has 0 saturated heterocycles. The molecule has 8 heteroatoms. The van der Waals surface area contributed by atoms with Gasteiger partial charge in [0.1, 0.15) is 5.54 Å². The van der Waals surface area contributed by atoms with Gasteiger partial charge in [-0.1, -0.05) is 32.0 Å². The maximum atomic E-state index is 12.0. The van der Waals surface area contributed by atoms with Crippen molar-refractivity contribution in [2.45, 2.75) is 32.7 Å². The zero-order valence-corrected chi connectivity index (χ0v) is 14.8. The predicted octanol–water partition coefficient (Wildman–Crippen LogP) is 1.06. The quantitative estimate of drug-likeness (QED) is 0.746. The van der Waals surface area contributed by atoms with Crippen LogP contribution in [0.1, 0.15) is 26.5 Å². The summed E-state index contributed by atoms with van der Waals surface area (Å²) in [7, 11) is 0. The van der Waals surface area contributed by atoms with Gasteiger partial charge < -0.3 is 10.1 Å². The summed E-state index contributed by atoms with van der Waals surface area (Å²) < 4.78 is 4.96. The van der Waals surface area contributed by atoms with Crippen molar-refractivity contribution >= 4 is 22.6 Å². The fourth-order valence-electron chi connectivity index (χ4n) is 2.27. The van der Waals surface area contributed by atoms with Crippen LogP contribution in [-0.2, 0) is 20.7 Å². The van der Waals surface area contributed by atoms with E-state index in [-0.39, 0.29) is 17.9 Å². The lowest BCUT2D eigenvalue weighted by Gasteiger charge is -2.27. The SMILES string of the molecule is CC(C)[C@@](C)(C#N)NC(=O)COC(=O)Cc1n[nH]c(=O)c2ccccc12. The highest BCUT2D eigenvalue weighted by Crippen LogP contribution is 2.15. The van der Waals surface area contributed by atoms with Crippen molar-refractivity contribution in [1.29, 1.82) is 5.26 Å². The van der Waals surface area contributed by atoms with E-state index < -0.39 is 24.0 Å². The van der Waals surface area contributed by atoms with Gasteiger partial charge in [-0.15, -0.1) is 0 Å². The minimum atomic E-state index is -1.04. The lowest BCUT2D eigenvalue weighted by molar-refractivity contribution is -0.148. The number of nitrogens with one attached hydrogen (secondary N) is 2. The molecule has 0 unspecified atom stereocenters. The Hall–Kier alpha value is -3.21. The lowest BCUT2D eigenvalue weighted by atomic mass is 9.90. The molecule has 0 aliphatic rings. The van der Waals surface area contributed by atoms with Crippen LogP contribution in [0.3, 0.4) is 0 Å². The topological polar surface area (TPSA) is 125 Å². The van der Waals surface area contributed by atoms with Crippen LogP contribution in [0.4, 0.5) is 0 Å². The first-order valence-corrected chi connectivity index (χ1v) is 8.11. The van der Waals surface area contributed by atoms with Crippen molar-refractivity contribution in [3.8, 4) is 6.07 Å². The number of aromatic amines is 1. The molecule has 8 nitrogen and oxygen atoms in total. The van der Waals surface area contributed by atoms with Crippen LogP contribution in [0, 0.1) is 17.2 Å². The zero-order valence-electron chi connectivity index (χ0n) is 14.8. The highest BCUT2D eigenvalue weighted by molar-refractivity contribution is 5.87. The molecule has 2 N–H and O–H groups in total. The number of fused-ring (bicyclic) bond motifs is 1. The summed E-state index contributed by atoms with van der Waals surface area (Å²) in [6, 6.07) is 8.82. The molecule has 0 spiro atoms. The Morgan fingerprint density at radius 1 is 1.35 bits per heavy atom. The molecule has 0 radical (unpaired) electrons. The molecule has 0 aliphatic carbocycles. The third-order valence-electron chi connectivity index (χ3n) is 4.24. The van der Waals surface area contributed by atoms with Crippen LogP contribution in [-0.4, -0.2) is 34.2 Å². The molecule has 2 rings (SSSR count). The normalized spacial score (nSPS) is 13.0. The maximum absolute atomic E-state index is 12.0. The van der Waals surface area contributed by atoms with Gasteiger partial charge in [-0.05, 0) is 18.9 Å². The molecule has 0 bridgehead atoms. The van der Waals surface area contributed by atoms with E-state index in [9.17, 15) is 19.6 Å². The molecule has 0 aliphatic heterocycles. The van der Waals surface area contributed by atoms with Gasteiger partial charge in [-0.3, -0.25) is 14.4 Å². The van der Waals surface area contributed by atoms with Crippen LogP contribution in [0.5, 0.6) is 0 Å². The number of aromatic nitrogens is 2. The van der Waals surface area contributed by atoms with Crippen molar-refractivity contribution in [3.63, 3.8) is 0 Å². The number of nitriles is 1. The Labute approximate surface area is 150 Å². The maximum Gasteiger partial charge on any atom is 0.312 e. The summed E-state index contributed by atoms with van der Waals surface area (Å²) in [6.07, 6.45) is -0.190. The number of nitrogens with zero attached hydrogens (tertiary/aromatic N) is 2. The number of hydrogen-bond donors (Lipinski definition) is 2. The number of amides is 1. The summed E-state index contributed by atoms with van der Waals surface area (Å²) in [6.45, 7) is 4.73. The van der Waals surface area contributed by atoms with Gasteiger partial charge in [0.15, 0.2) is 6.61 Å². The van der Waals surface area contributed by atoms with Crippen molar-refractivity contribution in [1.82, 2.24) is 15.5 Å². The zero-order chi connectivity index (χ0) is 19.3. The third kappa shape index (κ3) is 4.25. The highest BCUT2D eigenvalue weighted by atomic mass is 16.5.